The zero-order valence-electron chi connectivity index (χ0n) is 12.6. The molecule has 108 valence electrons. The van der Waals surface area contributed by atoms with Gasteiger partial charge in [0.2, 0.25) is 5.91 Å². The third kappa shape index (κ3) is 2.64. The average Bonchev–Trinajstić information content (AvgIpc) is 2.88. The third-order valence-electron chi connectivity index (χ3n) is 3.69. The van der Waals surface area contributed by atoms with Crippen LogP contribution >= 0.6 is 0 Å². The molecule has 0 fully saturated rings. The minimum Gasteiger partial charge on any atom is -0.343 e. The normalized spacial score (nSPS) is 11.0. The van der Waals surface area contributed by atoms with Crippen LogP contribution in [0.15, 0.2) is 6.33 Å². The van der Waals surface area contributed by atoms with Crippen molar-refractivity contribution in [3.63, 3.8) is 0 Å². The Kier molecular flexibility index (Phi) is 4.32. The summed E-state index contributed by atoms with van der Waals surface area (Å²) in [4.78, 5) is 22.5. The molecule has 0 aliphatic rings. The second kappa shape index (κ2) is 5.98. The highest BCUT2D eigenvalue weighted by Crippen LogP contribution is 2.15. The lowest BCUT2D eigenvalue weighted by Crippen LogP contribution is -2.30. The van der Waals surface area contributed by atoms with Crippen LogP contribution in [0.1, 0.15) is 37.2 Å². The van der Waals surface area contributed by atoms with Crippen molar-refractivity contribution in [2.45, 2.75) is 40.5 Å². The van der Waals surface area contributed by atoms with E-state index in [1.54, 1.807) is 4.52 Å². The number of amides is 1. The zero-order valence-corrected chi connectivity index (χ0v) is 12.6. The molecule has 0 aliphatic heterocycles. The Bertz CT molecular complexity index is 615. The first-order chi connectivity index (χ1) is 9.58. The Morgan fingerprint density at radius 1 is 1.30 bits per heavy atom. The lowest BCUT2D eigenvalue weighted by molar-refractivity contribution is -0.130. The Morgan fingerprint density at radius 2 is 2.00 bits per heavy atom. The predicted octanol–water partition coefficient (Wildman–Crippen LogP) is 1.54. The quantitative estimate of drug-likeness (QED) is 0.830. The van der Waals surface area contributed by atoms with Crippen LogP contribution in [0, 0.1) is 13.8 Å². The molecule has 2 heterocycles. The maximum Gasteiger partial charge on any atom is 0.252 e. The van der Waals surface area contributed by atoms with Gasteiger partial charge in [0.05, 0.1) is 0 Å². The molecule has 0 saturated heterocycles. The van der Waals surface area contributed by atoms with Gasteiger partial charge in [-0.3, -0.25) is 4.79 Å². The number of hydrogen-bond donors (Lipinski definition) is 0. The van der Waals surface area contributed by atoms with Crippen LogP contribution in [0.5, 0.6) is 0 Å². The number of carbonyl (C=O) groups is 1. The number of hydrogen-bond acceptors (Lipinski definition) is 4. The van der Waals surface area contributed by atoms with Gasteiger partial charge in [-0.05, 0) is 39.7 Å². The summed E-state index contributed by atoms with van der Waals surface area (Å²) in [6.07, 6.45) is 2.70. The van der Waals surface area contributed by atoms with Gasteiger partial charge in [0.15, 0.2) is 0 Å². The first-order valence-corrected chi connectivity index (χ1v) is 7.02. The maximum atomic E-state index is 12.1. The third-order valence-corrected chi connectivity index (χ3v) is 3.69. The number of fused-ring (bicyclic) bond motifs is 1. The minimum absolute atomic E-state index is 0.187. The van der Waals surface area contributed by atoms with Crippen molar-refractivity contribution in [1.29, 1.82) is 0 Å². The summed E-state index contributed by atoms with van der Waals surface area (Å²) >= 11 is 0. The topological polar surface area (TPSA) is 63.4 Å². The van der Waals surface area contributed by atoms with E-state index in [1.807, 2.05) is 32.6 Å². The summed E-state index contributed by atoms with van der Waals surface area (Å²) in [6, 6.07) is 0. The molecule has 2 aromatic rings. The fourth-order valence-corrected chi connectivity index (χ4v) is 2.48. The van der Waals surface area contributed by atoms with Crippen molar-refractivity contribution in [1.82, 2.24) is 24.5 Å². The second-order valence-corrected chi connectivity index (χ2v) is 4.80. The number of rotatable bonds is 5. The standard InChI is InChI=1S/C14H21N5O/c1-5-18(6-2)13(20)8-7-12-10(3)17-14-15-9-16-19(14)11(12)4/h9H,5-8H2,1-4H3. The van der Waals surface area contributed by atoms with Crippen molar-refractivity contribution >= 4 is 11.7 Å². The Balaban J connectivity index is 2.19. The number of aromatic nitrogens is 4. The van der Waals surface area contributed by atoms with Gasteiger partial charge in [0, 0.05) is 30.9 Å². The minimum atomic E-state index is 0.187. The van der Waals surface area contributed by atoms with Crippen molar-refractivity contribution < 1.29 is 4.79 Å². The molecule has 2 rings (SSSR count). The summed E-state index contributed by atoms with van der Waals surface area (Å²) in [7, 11) is 0. The van der Waals surface area contributed by atoms with E-state index in [1.165, 1.54) is 6.33 Å². The molecule has 0 N–H and O–H groups in total. The molecule has 2 aromatic heterocycles. The van der Waals surface area contributed by atoms with Crippen molar-refractivity contribution in [3.05, 3.63) is 23.3 Å². The molecular formula is C14H21N5O. The zero-order chi connectivity index (χ0) is 14.7. The molecule has 0 atom stereocenters. The van der Waals surface area contributed by atoms with Gasteiger partial charge < -0.3 is 4.90 Å². The van der Waals surface area contributed by atoms with Crippen molar-refractivity contribution in [2.24, 2.45) is 0 Å². The fourth-order valence-electron chi connectivity index (χ4n) is 2.48. The maximum absolute atomic E-state index is 12.1. The molecule has 0 bridgehead atoms. The van der Waals surface area contributed by atoms with E-state index in [9.17, 15) is 4.79 Å². The Hall–Kier alpha value is -1.98. The molecular weight excluding hydrogens is 254 g/mol. The molecule has 0 saturated carbocycles. The lowest BCUT2D eigenvalue weighted by Gasteiger charge is -2.19. The predicted molar refractivity (Wildman–Crippen MR) is 76.5 cm³/mol. The summed E-state index contributed by atoms with van der Waals surface area (Å²) in [5.74, 6) is 0.798. The first-order valence-electron chi connectivity index (χ1n) is 7.02. The van der Waals surface area contributed by atoms with Crippen LogP contribution in [0.4, 0.5) is 0 Å². The highest BCUT2D eigenvalue weighted by Gasteiger charge is 2.14. The fraction of sp³-hybridized carbons (Fsp3) is 0.571. The second-order valence-electron chi connectivity index (χ2n) is 4.80. The molecule has 6 heteroatoms. The summed E-state index contributed by atoms with van der Waals surface area (Å²) in [5, 5.41) is 4.16. The van der Waals surface area contributed by atoms with Crippen LogP contribution in [0.25, 0.3) is 5.78 Å². The SMILES string of the molecule is CCN(CC)C(=O)CCc1c(C)nc2ncnn2c1C. The van der Waals surface area contributed by atoms with E-state index in [0.29, 0.717) is 18.6 Å². The molecule has 0 unspecified atom stereocenters. The first kappa shape index (κ1) is 14.4. The van der Waals surface area contributed by atoms with Crippen molar-refractivity contribution in [2.75, 3.05) is 13.1 Å². The van der Waals surface area contributed by atoms with Crippen LogP contribution in [-0.2, 0) is 11.2 Å². The molecule has 1 amide bonds. The molecule has 20 heavy (non-hydrogen) atoms. The highest BCUT2D eigenvalue weighted by molar-refractivity contribution is 5.76. The Labute approximate surface area is 118 Å². The van der Waals surface area contributed by atoms with E-state index in [-0.39, 0.29) is 5.91 Å². The van der Waals surface area contributed by atoms with Gasteiger partial charge in [-0.1, -0.05) is 0 Å². The molecule has 6 nitrogen and oxygen atoms in total. The van der Waals surface area contributed by atoms with Crippen LogP contribution < -0.4 is 0 Å². The summed E-state index contributed by atoms with van der Waals surface area (Å²) in [6.45, 7) is 9.47. The van der Waals surface area contributed by atoms with E-state index < -0.39 is 0 Å². The monoisotopic (exact) mass is 275 g/mol. The highest BCUT2D eigenvalue weighted by atomic mass is 16.2. The van der Waals surface area contributed by atoms with E-state index in [0.717, 1.165) is 30.0 Å². The number of carbonyl (C=O) groups excluding carboxylic acids is 1. The Morgan fingerprint density at radius 3 is 2.65 bits per heavy atom. The lowest BCUT2D eigenvalue weighted by atomic mass is 10.1. The molecule has 0 radical (unpaired) electrons. The largest absolute Gasteiger partial charge is 0.343 e. The van der Waals surface area contributed by atoms with E-state index in [2.05, 4.69) is 15.1 Å². The number of aryl methyl sites for hydroxylation is 2. The van der Waals surface area contributed by atoms with Crippen LogP contribution in [0.3, 0.4) is 0 Å². The van der Waals surface area contributed by atoms with Gasteiger partial charge in [-0.15, -0.1) is 0 Å². The number of nitrogens with zero attached hydrogens (tertiary/aromatic N) is 5. The van der Waals surface area contributed by atoms with Crippen LogP contribution in [-0.4, -0.2) is 43.5 Å². The van der Waals surface area contributed by atoms with Gasteiger partial charge in [0.25, 0.3) is 5.78 Å². The van der Waals surface area contributed by atoms with Gasteiger partial charge in [-0.2, -0.15) is 10.1 Å². The van der Waals surface area contributed by atoms with Crippen molar-refractivity contribution in [3.8, 4) is 0 Å². The van der Waals surface area contributed by atoms with E-state index >= 15 is 0 Å². The molecule has 0 aromatic carbocycles. The molecule has 0 spiro atoms. The van der Waals surface area contributed by atoms with Crippen LogP contribution in [0.2, 0.25) is 0 Å². The van der Waals surface area contributed by atoms with E-state index in [4.69, 9.17) is 0 Å². The van der Waals surface area contributed by atoms with Gasteiger partial charge in [0.1, 0.15) is 6.33 Å². The summed E-state index contributed by atoms with van der Waals surface area (Å²) in [5.41, 5.74) is 3.02. The summed E-state index contributed by atoms with van der Waals surface area (Å²) < 4.78 is 1.73. The van der Waals surface area contributed by atoms with Gasteiger partial charge >= 0.3 is 0 Å². The van der Waals surface area contributed by atoms with Gasteiger partial charge in [-0.25, -0.2) is 9.50 Å². The average molecular weight is 275 g/mol. The molecule has 0 aliphatic carbocycles. The smallest absolute Gasteiger partial charge is 0.252 e.